The van der Waals surface area contributed by atoms with E-state index in [1.807, 2.05) is 6.07 Å². The number of rotatable bonds is 6. The summed E-state index contributed by atoms with van der Waals surface area (Å²) in [5, 5.41) is 14.2. The highest BCUT2D eigenvalue weighted by molar-refractivity contribution is 5.73. The van der Waals surface area contributed by atoms with Crippen LogP contribution in [0.4, 0.5) is 26.3 Å². The van der Waals surface area contributed by atoms with Gasteiger partial charge in [-0.2, -0.15) is 26.3 Å². The molecule has 0 bridgehead atoms. The largest absolute Gasteiger partial charge is 0.490 e. The van der Waals surface area contributed by atoms with Gasteiger partial charge >= 0.3 is 24.3 Å². The lowest BCUT2D eigenvalue weighted by Gasteiger charge is -2.53. The molecular formula is C21H28F6N2O7. The summed E-state index contributed by atoms with van der Waals surface area (Å²) in [4.78, 5) is 24.5. The smallest absolute Gasteiger partial charge is 0.481 e. The van der Waals surface area contributed by atoms with E-state index in [0.29, 0.717) is 0 Å². The molecule has 2 saturated heterocycles. The van der Waals surface area contributed by atoms with E-state index in [4.69, 9.17) is 34.0 Å². The highest BCUT2D eigenvalue weighted by atomic mass is 19.4. The van der Waals surface area contributed by atoms with Crippen molar-refractivity contribution >= 4 is 11.9 Å². The number of pyridine rings is 1. The fourth-order valence-corrected chi connectivity index (χ4v) is 3.73. The first-order chi connectivity index (χ1) is 16.6. The second-order valence-corrected chi connectivity index (χ2v) is 8.09. The molecule has 3 rings (SSSR count). The van der Waals surface area contributed by atoms with E-state index < -0.39 is 24.3 Å². The summed E-state index contributed by atoms with van der Waals surface area (Å²) in [6.45, 7) is 4.64. The Balaban J connectivity index is 0.000000383. The Hall–Kier alpha value is -2.65. The van der Waals surface area contributed by atoms with Gasteiger partial charge in [-0.25, -0.2) is 14.6 Å². The predicted octanol–water partition coefficient (Wildman–Crippen LogP) is 3.37. The second kappa shape index (κ2) is 13.6. The first-order valence-corrected chi connectivity index (χ1v) is 10.6. The quantitative estimate of drug-likeness (QED) is 0.530. The second-order valence-electron chi connectivity index (χ2n) is 8.09. The van der Waals surface area contributed by atoms with Gasteiger partial charge in [0.15, 0.2) is 0 Å². The molecule has 9 nitrogen and oxygen atoms in total. The third-order valence-electron chi connectivity index (χ3n) is 5.27. The van der Waals surface area contributed by atoms with Crippen LogP contribution in [0.1, 0.15) is 24.8 Å². The van der Waals surface area contributed by atoms with E-state index in [9.17, 15) is 26.3 Å². The number of carbonyl (C=O) groups is 2. The summed E-state index contributed by atoms with van der Waals surface area (Å²) in [5.74, 6) is -4.05. The molecule has 2 fully saturated rings. The summed E-state index contributed by atoms with van der Waals surface area (Å²) in [6.07, 6.45) is -4.92. The van der Waals surface area contributed by atoms with E-state index >= 15 is 0 Å². The Morgan fingerprint density at radius 3 is 2.17 bits per heavy atom. The van der Waals surface area contributed by atoms with Crippen LogP contribution >= 0.6 is 0 Å². The van der Waals surface area contributed by atoms with Gasteiger partial charge in [-0.1, -0.05) is 6.07 Å². The van der Waals surface area contributed by atoms with Crippen molar-refractivity contribution in [1.29, 1.82) is 0 Å². The minimum atomic E-state index is -5.08. The zero-order valence-corrected chi connectivity index (χ0v) is 19.6. The molecule has 1 aromatic heterocycles. The summed E-state index contributed by atoms with van der Waals surface area (Å²) in [5.41, 5.74) is 1.22. The van der Waals surface area contributed by atoms with E-state index in [0.717, 1.165) is 63.1 Å². The molecule has 206 valence electrons. The van der Waals surface area contributed by atoms with Gasteiger partial charge in [0.1, 0.15) is 0 Å². The molecule has 1 spiro atoms. The molecule has 36 heavy (non-hydrogen) atoms. The average Bonchev–Trinajstić information content (AvgIpc) is 2.77. The SMILES string of the molecule is COCCC1CCOC2(C1)CN(Cc1cccnc1OC)C2.O=C(O)C(F)(F)F.O=C(O)C(F)(F)F. The van der Waals surface area contributed by atoms with E-state index in [-0.39, 0.29) is 5.60 Å². The third kappa shape index (κ3) is 10.5. The molecule has 0 aliphatic carbocycles. The minimum absolute atomic E-state index is 0.0755. The van der Waals surface area contributed by atoms with Crippen molar-refractivity contribution in [3.63, 3.8) is 0 Å². The molecule has 0 amide bonds. The maximum atomic E-state index is 10.6. The van der Waals surface area contributed by atoms with Gasteiger partial charge in [-0.3, -0.25) is 4.90 Å². The van der Waals surface area contributed by atoms with Crippen molar-refractivity contribution in [1.82, 2.24) is 9.88 Å². The molecule has 15 heteroatoms. The number of aliphatic carboxylic acids is 2. The Morgan fingerprint density at radius 1 is 1.14 bits per heavy atom. The molecule has 2 N–H and O–H groups in total. The van der Waals surface area contributed by atoms with Gasteiger partial charge < -0.3 is 24.4 Å². The zero-order valence-electron chi connectivity index (χ0n) is 19.6. The number of alkyl halides is 6. The minimum Gasteiger partial charge on any atom is -0.481 e. The zero-order chi connectivity index (χ0) is 27.6. The first-order valence-electron chi connectivity index (χ1n) is 10.6. The molecule has 2 aliphatic rings. The molecule has 0 radical (unpaired) electrons. The lowest BCUT2D eigenvalue weighted by atomic mass is 9.79. The normalized spacial score (nSPS) is 19.2. The molecular weight excluding hydrogens is 506 g/mol. The fraction of sp³-hybridized carbons (Fsp3) is 0.667. The maximum absolute atomic E-state index is 10.6. The molecule has 2 aliphatic heterocycles. The summed E-state index contributed by atoms with van der Waals surface area (Å²) in [6, 6.07) is 4.05. The first kappa shape index (κ1) is 31.4. The van der Waals surface area contributed by atoms with Gasteiger partial charge in [-0.05, 0) is 31.2 Å². The van der Waals surface area contributed by atoms with Crippen LogP contribution in [0.2, 0.25) is 0 Å². The number of halogens is 6. The highest BCUT2D eigenvalue weighted by Gasteiger charge is 2.47. The van der Waals surface area contributed by atoms with Crippen molar-refractivity contribution < 1.29 is 60.4 Å². The number of ether oxygens (including phenoxy) is 3. The number of carboxylic acids is 2. The van der Waals surface area contributed by atoms with Crippen LogP contribution in [0.15, 0.2) is 18.3 Å². The summed E-state index contributed by atoms with van der Waals surface area (Å²) in [7, 11) is 3.45. The number of methoxy groups -OCH3 is 2. The van der Waals surface area contributed by atoms with Crippen LogP contribution in [-0.2, 0) is 25.6 Å². The van der Waals surface area contributed by atoms with Crippen LogP contribution in [0.5, 0.6) is 5.88 Å². The van der Waals surface area contributed by atoms with Gasteiger partial charge in [0.2, 0.25) is 5.88 Å². The summed E-state index contributed by atoms with van der Waals surface area (Å²) < 4.78 is 80.1. The topological polar surface area (TPSA) is 118 Å². The number of hydrogen-bond donors (Lipinski definition) is 2. The van der Waals surface area contributed by atoms with Crippen LogP contribution in [0.3, 0.4) is 0 Å². The van der Waals surface area contributed by atoms with Crippen LogP contribution in [0, 0.1) is 5.92 Å². The molecule has 1 unspecified atom stereocenters. The van der Waals surface area contributed by atoms with Gasteiger partial charge in [0.05, 0.1) is 12.7 Å². The molecule has 1 aromatic rings. The van der Waals surface area contributed by atoms with Gasteiger partial charge in [0, 0.05) is 51.7 Å². The van der Waals surface area contributed by atoms with E-state index in [2.05, 4.69) is 16.0 Å². The maximum Gasteiger partial charge on any atom is 0.490 e. The van der Waals surface area contributed by atoms with Crippen molar-refractivity contribution in [3.8, 4) is 5.88 Å². The Bertz CT molecular complexity index is 821. The van der Waals surface area contributed by atoms with E-state index in [1.54, 1.807) is 20.4 Å². The average molecular weight is 534 g/mol. The van der Waals surface area contributed by atoms with E-state index in [1.165, 1.54) is 6.42 Å². The van der Waals surface area contributed by atoms with Crippen LogP contribution in [0.25, 0.3) is 0 Å². The Labute approximate surface area is 202 Å². The highest BCUT2D eigenvalue weighted by Crippen LogP contribution is 2.39. The molecule has 0 aromatic carbocycles. The number of carboxylic acid groups (broad SMARTS) is 2. The third-order valence-corrected chi connectivity index (χ3v) is 5.27. The number of aromatic nitrogens is 1. The van der Waals surface area contributed by atoms with Crippen LogP contribution in [-0.4, -0.2) is 90.5 Å². The predicted molar refractivity (Wildman–Crippen MR) is 111 cm³/mol. The van der Waals surface area contributed by atoms with Crippen molar-refractivity contribution in [2.75, 3.05) is 40.5 Å². The van der Waals surface area contributed by atoms with Gasteiger partial charge in [0.25, 0.3) is 0 Å². The Kier molecular flexibility index (Phi) is 11.9. The monoisotopic (exact) mass is 534 g/mol. The molecule has 1 atom stereocenters. The van der Waals surface area contributed by atoms with Crippen molar-refractivity contribution in [2.24, 2.45) is 5.92 Å². The van der Waals surface area contributed by atoms with Gasteiger partial charge in [-0.15, -0.1) is 0 Å². The van der Waals surface area contributed by atoms with Crippen molar-refractivity contribution in [2.45, 2.75) is 43.8 Å². The lowest BCUT2D eigenvalue weighted by molar-refractivity contribution is -0.193. The number of nitrogens with zero attached hydrogens (tertiary/aromatic N) is 2. The van der Waals surface area contributed by atoms with Crippen molar-refractivity contribution in [3.05, 3.63) is 23.9 Å². The Morgan fingerprint density at radius 2 is 1.69 bits per heavy atom. The molecule has 0 saturated carbocycles. The summed E-state index contributed by atoms with van der Waals surface area (Å²) >= 11 is 0. The lowest BCUT2D eigenvalue weighted by Crippen LogP contribution is -2.64. The fourth-order valence-electron chi connectivity index (χ4n) is 3.73. The molecule has 3 heterocycles. The van der Waals surface area contributed by atoms with Crippen LogP contribution < -0.4 is 4.74 Å². The standard InChI is InChI=1S/C17H26N2O3.2C2HF3O2/c1-20-8-5-14-6-9-22-17(10-14)12-19(13-17)11-15-4-3-7-18-16(15)21-2;2*3-2(4,5)1(6)7/h3-4,7,14H,5-6,8-13H2,1-2H3;2*(H,6,7). The number of likely N-dealkylation sites (tertiary alicyclic amines) is 1. The number of hydrogen-bond acceptors (Lipinski definition) is 7.